The first kappa shape index (κ1) is 14.0. The summed E-state index contributed by atoms with van der Waals surface area (Å²) in [5.74, 6) is -0.642. The highest BCUT2D eigenvalue weighted by Gasteiger charge is 2.19. The van der Waals surface area contributed by atoms with Gasteiger partial charge in [0.25, 0.3) is 0 Å². The van der Waals surface area contributed by atoms with Crippen molar-refractivity contribution in [3.05, 3.63) is 40.7 Å². The number of carbonyl (C=O) groups is 1. The van der Waals surface area contributed by atoms with Crippen LogP contribution in [0.1, 0.15) is 18.4 Å². The minimum Gasteiger partial charge on any atom is -0.393 e. The smallest absolute Gasteiger partial charge is 0.246 e. The van der Waals surface area contributed by atoms with Crippen molar-refractivity contribution in [2.45, 2.75) is 18.9 Å². The summed E-state index contributed by atoms with van der Waals surface area (Å²) in [5, 5.41) is 9.64. The SMILES string of the molecule is O=C(/C=C/c1c(F)cccc1Cl)N1CCC(O)CC1. The van der Waals surface area contributed by atoms with Crippen LogP contribution in [0.2, 0.25) is 5.02 Å². The lowest BCUT2D eigenvalue weighted by Gasteiger charge is -2.28. The van der Waals surface area contributed by atoms with Gasteiger partial charge in [-0.25, -0.2) is 4.39 Å². The van der Waals surface area contributed by atoms with Crippen molar-refractivity contribution in [3.63, 3.8) is 0 Å². The first-order valence-electron chi connectivity index (χ1n) is 6.17. The molecule has 3 nitrogen and oxygen atoms in total. The maximum Gasteiger partial charge on any atom is 0.246 e. The van der Waals surface area contributed by atoms with E-state index < -0.39 is 5.82 Å². The molecule has 0 unspecified atom stereocenters. The summed E-state index contributed by atoms with van der Waals surface area (Å²) >= 11 is 5.87. The Hall–Kier alpha value is -1.39. The van der Waals surface area contributed by atoms with Crippen LogP contribution >= 0.6 is 11.6 Å². The quantitative estimate of drug-likeness (QED) is 0.847. The molecule has 0 aliphatic carbocycles. The maximum absolute atomic E-state index is 13.5. The Morgan fingerprint density at radius 1 is 1.42 bits per heavy atom. The summed E-state index contributed by atoms with van der Waals surface area (Å²) < 4.78 is 13.5. The third-order valence-corrected chi connectivity index (χ3v) is 3.50. The van der Waals surface area contributed by atoms with Gasteiger partial charge in [0.05, 0.1) is 11.1 Å². The Morgan fingerprint density at radius 2 is 2.11 bits per heavy atom. The average Bonchev–Trinajstić information content (AvgIpc) is 2.38. The van der Waals surface area contributed by atoms with E-state index in [0.29, 0.717) is 25.9 Å². The van der Waals surface area contributed by atoms with Gasteiger partial charge >= 0.3 is 0 Å². The summed E-state index contributed by atoms with van der Waals surface area (Å²) in [6.45, 7) is 1.05. The molecule has 0 atom stereocenters. The Kier molecular flexibility index (Phi) is 4.56. The zero-order chi connectivity index (χ0) is 13.8. The lowest BCUT2D eigenvalue weighted by molar-refractivity contribution is -0.127. The zero-order valence-corrected chi connectivity index (χ0v) is 11.1. The molecule has 1 aromatic carbocycles. The molecule has 1 aliphatic rings. The summed E-state index contributed by atoms with van der Waals surface area (Å²) in [6, 6.07) is 4.39. The largest absolute Gasteiger partial charge is 0.393 e. The molecule has 0 aromatic heterocycles. The van der Waals surface area contributed by atoms with Crippen molar-refractivity contribution in [2.75, 3.05) is 13.1 Å². The molecule has 0 radical (unpaired) electrons. The summed E-state index contributed by atoms with van der Waals surface area (Å²) in [5.41, 5.74) is 0.217. The molecule has 1 N–H and O–H groups in total. The maximum atomic E-state index is 13.5. The molecule has 1 aromatic rings. The molecule has 1 aliphatic heterocycles. The van der Waals surface area contributed by atoms with Gasteiger partial charge in [0.2, 0.25) is 5.91 Å². The Bertz CT molecular complexity index is 476. The van der Waals surface area contributed by atoms with Gasteiger partial charge in [-0.05, 0) is 31.1 Å². The van der Waals surface area contributed by atoms with Gasteiger partial charge in [-0.15, -0.1) is 0 Å². The topological polar surface area (TPSA) is 40.5 Å². The average molecular weight is 284 g/mol. The fraction of sp³-hybridized carbons (Fsp3) is 0.357. The second-order valence-corrected chi connectivity index (χ2v) is 4.93. The number of aliphatic hydroxyl groups excluding tert-OH is 1. The molecule has 1 heterocycles. The summed E-state index contributed by atoms with van der Waals surface area (Å²) in [6.07, 6.45) is 3.56. The van der Waals surface area contributed by atoms with Gasteiger partial charge in [0.1, 0.15) is 5.82 Å². The van der Waals surface area contributed by atoms with Gasteiger partial charge in [0, 0.05) is 24.7 Å². The van der Waals surface area contributed by atoms with Crippen LogP contribution in [0.4, 0.5) is 4.39 Å². The number of aliphatic hydroxyl groups is 1. The molecule has 0 bridgehead atoms. The predicted molar refractivity (Wildman–Crippen MR) is 72.3 cm³/mol. The van der Waals surface area contributed by atoms with E-state index in [1.807, 2.05) is 0 Å². The molecule has 2 rings (SSSR count). The van der Waals surface area contributed by atoms with E-state index >= 15 is 0 Å². The molecular weight excluding hydrogens is 269 g/mol. The zero-order valence-electron chi connectivity index (χ0n) is 10.4. The Labute approximate surface area is 116 Å². The first-order chi connectivity index (χ1) is 9.08. The number of hydrogen-bond acceptors (Lipinski definition) is 2. The van der Waals surface area contributed by atoms with Crippen molar-refractivity contribution < 1.29 is 14.3 Å². The van der Waals surface area contributed by atoms with Gasteiger partial charge in [0.15, 0.2) is 0 Å². The molecule has 1 amide bonds. The molecular formula is C14H15ClFNO2. The molecule has 0 saturated carbocycles. The van der Waals surface area contributed by atoms with Gasteiger partial charge < -0.3 is 10.0 Å². The van der Waals surface area contributed by atoms with Gasteiger partial charge in [-0.1, -0.05) is 17.7 Å². The van der Waals surface area contributed by atoms with E-state index in [4.69, 9.17) is 11.6 Å². The van der Waals surface area contributed by atoms with E-state index in [-0.39, 0.29) is 22.6 Å². The van der Waals surface area contributed by atoms with Crippen LogP contribution in [0.15, 0.2) is 24.3 Å². The second-order valence-electron chi connectivity index (χ2n) is 4.53. The fourth-order valence-corrected chi connectivity index (χ4v) is 2.24. The van der Waals surface area contributed by atoms with Crippen LogP contribution in [-0.4, -0.2) is 35.1 Å². The van der Waals surface area contributed by atoms with E-state index in [9.17, 15) is 14.3 Å². The summed E-state index contributed by atoms with van der Waals surface area (Å²) in [7, 11) is 0. The Morgan fingerprint density at radius 3 is 2.74 bits per heavy atom. The second kappa shape index (κ2) is 6.17. The van der Waals surface area contributed by atoms with Crippen molar-refractivity contribution in [1.82, 2.24) is 4.90 Å². The summed E-state index contributed by atoms with van der Waals surface area (Å²) in [4.78, 5) is 13.5. The number of halogens is 2. The molecule has 1 saturated heterocycles. The van der Waals surface area contributed by atoms with Crippen molar-refractivity contribution in [3.8, 4) is 0 Å². The minimum atomic E-state index is -0.453. The molecule has 19 heavy (non-hydrogen) atoms. The Balaban J connectivity index is 2.04. The van der Waals surface area contributed by atoms with Crippen LogP contribution < -0.4 is 0 Å². The first-order valence-corrected chi connectivity index (χ1v) is 6.55. The predicted octanol–water partition coefficient (Wildman–Crippen LogP) is 2.48. The number of carbonyl (C=O) groups excluding carboxylic acids is 1. The lowest BCUT2D eigenvalue weighted by Crippen LogP contribution is -2.39. The van der Waals surface area contributed by atoms with Crippen LogP contribution in [0.3, 0.4) is 0 Å². The number of piperidine rings is 1. The van der Waals surface area contributed by atoms with Gasteiger partial charge in [-0.2, -0.15) is 0 Å². The van der Waals surface area contributed by atoms with Crippen molar-refractivity contribution in [1.29, 1.82) is 0 Å². The van der Waals surface area contributed by atoms with Crippen LogP contribution in [0.5, 0.6) is 0 Å². The number of amides is 1. The van der Waals surface area contributed by atoms with E-state index in [2.05, 4.69) is 0 Å². The fourth-order valence-electron chi connectivity index (χ4n) is 2.02. The van der Waals surface area contributed by atoms with Crippen molar-refractivity contribution >= 4 is 23.6 Å². The normalized spacial score (nSPS) is 17.1. The third kappa shape index (κ3) is 3.55. The van der Waals surface area contributed by atoms with Crippen molar-refractivity contribution in [2.24, 2.45) is 0 Å². The number of benzene rings is 1. The molecule has 0 spiro atoms. The highest BCUT2D eigenvalue weighted by atomic mass is 35.5. The number of rotatable bonds is 2. The number of nitrogens with zero attached hydrogens (tertiary/aromatic N) is 1. The highest BCUT2D eigenvalue weighted by molar-refractivity contribution is 6.32. The van der Waals surface area contributed by atoms with E-state index in [1.165, 1.54) is 24.3 Å². The third-order valence-electron chi connectivity index (χ3n) is 3.17. The highest BCUT2D eigenvalue weighted by Crippen LogP contribution is 2.20. The van der Waals surface area contributed by atoms with E-state index in [0.717, 1.165) is 0 Å². The lowest BCUT2D eigenvalue weighted by atomic mass is 10.1. The molecule has 1 fully saturated rings. The number of likely N-dealkylation sites (tertiary alicyclic amines) is 1. The standard InChI is InChI=1S/C14H15ClFNO2/c15-12-2-1-3-13(16)11(12)4-5-14(19)17-8-6-10(18)7-9-17/h1-5,10,18H,6-9H2/b5-4+. The van der Waals surface area contributed by atoms with Crippen LogP contribution in [-0.2, 0) is 4.79 Å². The molecule has 102 valence electrons. The monoisotopic (exact) mass is 283 g/mol. The van der Waals surface area contributed by atoms with Crippen LogP contribution in [0.25, 0.3) is 6.08 Å². The number of hydrogen-bond donors (Lipinski definition) is 1. The van der Waals surface area contributed by atoms with Crippen LogP contribution in [0, 0.1) is 5.82 Å². The molecule has 5 heteroatoms. The van der Waals surface area contributed by atoms with E-state index in [1.54, 1.807) is 11.0 Å². The minimum absolute atomic E-state index is 0.189. The van der Waals surface area contributed by atoms with Gasteiger partial charge in [-0.3, -0.25) is 4.79 Å².